The van der Waals surface area contributed by atoms with E-state index in [2.05, 4.69) is 23.3 Å². The molecule has 0 radical (unpaired) electrons. The number of carbonyl (C=O) groups is 1. The van der Waals surface area contributed by atoms with Gasteiger partial charge in [-0.05, 0) is 49.6 Å². The Morgan fingerprint density at radius 3 is 2.28 bits per heavy atom. The number of nitrogens with one attached hydrogen (secondary N) is 1. The monoisotopic (exact) mass is 438 g/mol. The highest BCUT2D eigenvalue weighted by molar-refractivity contribution is 6.08. The standard InChI is InChI=1S/C27H32F2N2O/c1-5-8-25(32)26(3,16-6-2)20-12-15-24(22(18-20)23-9-7-17-30-23)31-21-13-10-19(11-14-21)27(4,28)29/h7,10-15,17-18,31H,5-6,8-9,16H2,1-4H3. The molecule has 3 nitrogen and oxygen atoms in total. The Hall–Kier alpha value is -2.82. The summed E-state index contributed by atoms with van der Waals surface area (Å²) in [6.45, 7) is 7.06. The third-order valence-electron chi connectivity index (χ3n) is 6.13. The minimum absolute atomic E-state index is 0.0206. The molecule has 5 heteroatoms. The van der Waals surface area contributed by atoms with Crippen LogP contribution in [-0.4, -0.2) is 11.5 Å². The van der Waals surface area contributed by atoms with Crippen molar-refractivity contribution in [1.82, 2.24) is 0 Å². The molecule has 1 heterocycles. The lowest BCUT2D eigenvalue weighted by atomic mass is 9.73. The van der Waals surface area contributed by atoms with Crippen LogP contribution in [-0.2, 0) is 16.1 Å². The number of allylic oxidation sites excluding steroid dienone is 1. The lowest BCUT2D eigenvalue weighted by Gasteiger charge is -2.29. The molecule has 0 saturated carbocycles. The van der Waals surface area contributed by atoms with Gasteiger partial charge in [0.25, 0.3) is 5.92 Å². The highest BCUT2D eigenvalue weighted by Gasteiger charge is 2.34. The van der Waals surface area contributed by atoms with E-state index in [1.165, 1.54) is 12.1 Å². The highest BCUT2D eigenvalue weighted by atomic mass is 19.3. The van der Waals surface area contributed by atoms with Crippen molar-refractivity contribution in [1.29, 1.82) is 0 Å². The van der Waals surface area contributed by atoms with Crippen LogP contribution in [0.4, 0.5) is 20.2 Å². The maximum atomic E-state index is 13.6. The Kier molecular flexibility index (Phi) is 7.27. The van der Waals surface area contributed by atoms with Crippen LogP contribution in [0, 0.1) is 0 Å². The molecule has 32 heavy (non-hydrogen) atoms. The van der Waals surface area contributed by atoms with Crippen molar-refractivity contribution >= 4 is 22.9 Å². The first-order valence-electron chi connectivity index (χ1n) is 11.3. The first-order chi connectivity index (χ1) is 15.2. The number of anilines is 2. The van der Waals surface area contributed by atoms with E-state index in [1.54, 1.807) is 18.3 Å². The molecule has 0 aliphatic carbocycles. The fourth-order valence-electron chi connectivity index (χ4n) is 4.22. The van der Waals surface area contributed by atoms with Crippen LogP contribution in [0.1, 0.15) is 76.5 Å². The zero-order valence-corrected chi connectivity index (χ0v) is 19.3. The van der Waals surface area contributed by atoms with E-state index >= 15 is 0 Å². The Labute approximate surface area is 189 Å². The van der Waals surface area contributed by atoms with Crippen LogP contribution in [0.3, 0.4) is 0 Å². The van der Waals surface area contributed by atoms with Crippen LogP contribution >= 0.6 is 0 Å². The molecular formula is C27H32F2N2O. The number of carbonyl (C=O) groups excluding carboxylic acids is 1. The molecule has 0 saturated heterocycles. The summed E-state index contributed by atoms with van der Waals surface area (Å²) in [7, 11) is 0. The number of nitrogens with zero attached hydrogens (tertiary/aromatic N) is 1. The first-order valence-corrected chi connectivity index (χ1v) is 11.3. The predicted molar refractivity (Wildman–Crippen MR) is 128 cm³/mol. The fourth-order valence-corrected chi connectivity index (χ4v) is 4.22. The molecule has 0 fully saturated rings. The van der Waals surface area contributed by atoms with Gasteiger partial charge in [0.05, 0.1) is 11.1 Å². The van der Waals surface area contributed by atoms with Gasteiger partial charge in [-0.15, -0.1) is 0 Å². The zero-order chi connectivity index (χ0) is 23.4. The van der Waals surface area contributed by atoms with E-state index in [9.17, 15) is 13.6 Å². The van der Waals surface area contributed by atoms with Gasteiger partial charge in [0.1, 0.15) is 5.78 Å². The van der Waals surface area contributed by atoms with Crippen molar-refractivity contribution in [3.63, 3.8) is 0 Å². The average Bonchev–Trinajstić information content (AvgIpc) is 3.29. The maximum Gasteiger partial charge on any atom is 0.270 e. The lowest BCUT2D eigenvalue weighted by molar-refractivity contribution is -0.124. The quantitative estimate of drug-likeness (QED) is 0.413. The van der Waals surface area contributed by atoms with Gasteiger partial charge in [-0.2, -0.15) is 0 Å². The maximum absolute atomic E-state index is 13.6. The first kappa shape index (κ1) is 23.8. The topological polar surface area (TPSA) is 41.5 Å². The number of rotatable bonds is 10. The molecule has 0 bridgehead atoms. The minimum Gasteiger partial charge on any atom is -0.355 e. The lowest BCUT2D eigenvalue weighted by Crippen LogP contribution is -2.32. The highest BCUT2D eigenvalue weighted by Crippen LogP contribution is 2.36. The molecule has 1 aliphatic rings. The van der Waals surface area contributed by atoms with Crippen LogP contribution < -0.4 is 5.32 Å². The molecule has 1 N–H and O–H groups in total. The van der Waals surface area contributed by atoms with E-state index < -0.39 is 11.3 Å². The second-order valence-electron chi connectivity index (χ2n) is 8.77. The van der Waals surface area contributed by atoms with Crippen molar-refractivity contribution in [3.05, 3.63) is 71.4 Å². The molecule has 170 valence electrons. The normalized spacial score (nSPS) is 15.4. The molecule has 1 atom stereocenters. The van der Waals surface area contributed by atoms with Crippen molar-refractivity contribution < 1.29 is 13.6 Å². The number of alkyl halides is 2. The van der Waals surface area contributed by atoms with Crippen molar-refractivity contribution in [2.45, 2.75) is 71.1 Å². The predicted octanol–water partition coefficient (Wildman–Crippen LogP) is 7.68. The van der Waals surface area contributed by atoms with Gasteiger partial charge in [0, 0.05) is 48.5 Å². The minimum atomic E-state index is -2.87. The summed E-state index contributed by atoms with van der Waals surface area (Å²) in [5, 5.41) is 3.35. The third kappa shape index (κ3) is 5.14. The number of benzene rings is 2. The molecule has 1 aliphatic heterocycles. The zero-order valence-electron chi connectivity index (χ0n) is 19.3. The van der Waals surface area contributed by atoms with Gasteiger partial charge < -0.3 is 5.32 Å². The van der Waals surface area contributed by atoms with Gasteiger partial charge in [-0.25, -0.2) is 8.78 Å². The Bertz CT molecular complexity index is 1020. The number of aliphatic imine (C=N–C) groups is 1. The second-order valence-corrected chi connectivity index (χ2v) is 8.77. The SMILES string of the molecule is CCCC(=O)C(C)(CCC)c1ccc(Nc2ccc(C(C)(F)F)cc2)c(C2=NC=CC2)c1. The van der Waals surface area contributed by atoms with Crippen molar-refractivity contribution in [3.8, 4) is 0 Å². The van der Waals surface area contributed by atoms with E-state index in [1.807, 2.05) is 32.1 Å². The van der Waals surface area contributed by atoms with E-state index in [-0.39, 0.29) is 11.3 Å². The molecule has 1 unspecified atom stereocenters. The van der Waals surface area contributed by atoms with Gasteiger partial charge in [0.15, 0.2) is 0 Å². The number of hydrogen-bond donors (Lipinski definition) is 1. The van der Waals surface area contributed by atoms with Crippen LogP contribution in [0.15, 0.2) is 59.7 Å². The summed E-state index contributed by atoms with van der Waals surface area (Å²) in [5.74, 6) is -2.61. The number of halogens is 2. The molecule has 3 rings (SSSR count). The van der Waals surface area contributed by atoms with Crippen LogP contribution in [0.5, 0.6) is 0 Å². The average molecular weight is 439 g/mol. The van der Waals surface area contributed by atoms with Gasteiger partial charge in [-0.1, -0.05) is 44.5 Å². The largest absolute Gasteiger partial charge is 0.355 e. The molecular weight excluding hydrogens is 406 g/mol. The summed E-state index contributed by atoms with van der Waals surface area (Å²) in [6.07, 6.45) is 7.59. The van der Waals surface area contributed by atoms with Gasteiger partial charge in [-0.3, -0.25) is 9.79 Å². The number of ketones is 1. The molecule has 0 amide bonds. The van der Waals surface area contributed by atoms with E-state index in [0.717, 1.165) is 54.4 Å². The number of Topliss-reactive ketones (excluding diaryl/α,β-unsaturated/α-hetero) is 1. The van der Waals surface area contributed by atoms with E-state index in [4.69, 9.17) is 0 Å². The fraction of sp³-hybridized carbons (Fsp3) is 0.407. The van der Waals surface area contributed by atoms with Crippen LogP contribution in [0.2, 0.25) is 0 Å². The summed E-state index contributed by atoms with van der Waals surface area (Å²) < 4.78 is 27.1. The summed E-state index contributed by atoms with van der Waals surface area (Å²) >= 11 is 0. The summed E-state index contributed by atoms with van der Waals surface area (Å²) in [6, 6.07) is 12.2. The van der Waals surface area contributed by atoms with Gasteiger partial charge in [0.2, 0.25) is 0 Å². The Balaban J connectivity index is 2.00. The smallest absolute Gasteiger partial charge is 0.270 e. The Morgan fingerprint density at radius 2 is 1.72 bits per heavy atom. The Morgan fingerprint density at radius 1 is 1.03 bits per heavy atom. The van der Waals surface area contributed by atoms with E-state index in [0.29, 0.717) is 12.8 Å². The second kappa shape index (κ2) is 9.76. The molecule has 0 spiro atoms. The van der Waals surface area contributed by atoms with Crippen molar-refractivity contribution in [2.24, 2.45) is 4.99 Å². The third-order valence-corrected chi connectivity index (χ3v) is 6.13. The summed E-state index contributed by atoms with van der Waals surface area (Å²) in [4.78, 5) is 17.6. The van der Waals surface area contributed by atoms with Gasteiger partial charge >= 0.3 is 0 Å². The molecule has 0 aromatic heterocycles. The number of hydrogen-bond acceptors (Lipinski definition) is 3. The molecule has 2 aromatic carbocycles. The summed E-state index contributed by atoms with van der Waals surface area (Å²) in [5.41, 5.74) is 3.85. The molecule has 2 aromatic rings. The van der Waals surface area contributed by atoms with Crippen molar-refractivity contribution in [2.75, 3.05) is 5.32 Å². The van der Waals surface area contributed by atoms with Crippen LogP contribution in [0.25, 0.3) is 0 Å².